The van der Waals surface area contributed by atoms with Gasteiger partial charge in [0.2, 0.25) is 0 Å². The third-order valence-corrected chi connectivity index (χ3v) is 15.2. The van der Waals surface area contributed by atoms with E-state index in [0.717, 1.165) is 12.1 Å². The summed E-state index contributed by atoms with van der Waals surface area (Å²) in [6.45, 7) is 0. The molecule has 428 valence electrons. The molecular weight excluding hydrogens is 1110 g/mol. The van der Waals surface area contributed by atoms with Gasteiger partial charge in [-0.2, -0.15) is 0 Å². The monoisotopic (exact) mass is 1220 g/mol. The Morgan fingerprint density at radius 2 is 0.478 bits per heavy atom. The summed E-state index contributed by atoms with van der Waals surface area (Å²) in [5, 5.41) is -9.67. The van der Waals surface area contributed by atoms with Crippen LogP contribution in [0.25, 0.3) is 186 Å². The molecule has 0 aliphatic rings. The summed E-state index contributed by atoms with van der Waals surface area (Å²) in [7, 11) is 0. The smallest absolute Gasteiger partial charge is 0.143 e. The largest absolute Gasteiger partial charge is 0.455 e. The summed E-state index contributed by atoms with van der Waals surface area (Å²) in [5.74, 6) is 0. The van der Waals surface area contributed by atoms with Gasteiger partial charge >= 0.3 is 0 Å². The first kappa shape index (κ1) is 21.8. The van der Waals surface area contributed by atoms with Gasteiger partial charge in [0.1, 0.15) is 22.3 Å². The van der Waals surface area contributed by atoms with Crippen molar-refractivity contribution in [2.75, 3.05) is 0 Å². The molecule has 2 heterocycles. The molecule has 17 aromatic carbocycles. The van der Waals surface area contributed by atoms with Crippen molar-refractivity contribution in [3.05, 3.63) is 338 Å². The van der Waals surface area contributed by atoms with Gasteiger partial charge in [0.15, 0.2) is 0 Å². The molecule has 92 heavy (non-hydrogen) atoms. The molecule has 0 saturated heterocycles. The highest BCUT2D eigenvalue weighted by atomic mass is 16.3. The third kappa shape index (κ3) is 8.57. The fraction of sp³-hybridized carbons (Fsp3) is 0. The van der Waals surface area contributed by atoms with Gasteiger partial charge in [-0.05, 0) is 156 Å². The van der Waals surface area contributed by atoms with Crippen molar-refractivity contribution in [3.8, 4) is 77.9 Å². The van der Waals surface area contributed by atoms with Gasteiger partial charge in [0.25, 0.3) is 0 Å². The van der Waals surface area contributed by atoms with E-state index in [-0.39, 0.29) is 0 Å². The Morgan fingerprint density at radius 1 is 0.185 bits per heavy atom. The van der Waals surface area contributed by atoms with Gasteiger partial charge in [-0.1, -0.05) is 314 Å². The Labute approximate surface area is 607 Å². The molecular formula is C90H56O2. The van der Waals surface area contributed by atoms with Gasteiger partial charge in [-0.25, -0.2) is 0 Å². The predicted octanol–water partition coefficient (Wildman–Crippen LogP) is 25.8. The lowest BCUT2D eigenvalue weighted by atomic mass is 9.83. The molecule has 0 saturated carbocycles. The Kier molecular flexibility index (Phi) is 5.20. The number of rotatable bonds is 7. The van der Waals surface area contributed by atoms with Crippen LogP contribution in [0.5, 0.6) is 0 Å². The predicted molar refractivity (Wildman–Crippen MR) is 391 cm³/mol. The van der Waals surface area contributed by atoms with Gasteiger partial charge in [0, 0.05) is 32.3 Å². The van der Waals surface area contributed by atoms with E-state index in [1.807, 2.05) is 0 Å². The summed E-state index contributed by atoms with van der Waals surface area (Å²) in [6, 6.07) is -47.1. The fourth-order valence-corrected chi connectivity index (χ4v) is 11.4. The van der Waals surface area contributed by atoms with Crippen molar-refractivity contribution in [2.45, 2.75) is 0 Å². The second kappa shape index (κ2) is 21.9. The zero-order chi connectivity index (χ0) is 108. The maximum atomic E-state index is 9.61. The normalized spacial score (nSPS) is 19.9. The maximum absolute atomic E-state index is 9.61. The van der Waals surface area contributed by atoms with Crippen molar-refractivity contribution in [1.82, 2.24) is 0 Å². The minimum Gasteiger partial charge on any atom is -0.455 e. The first-order valence-electron chi connectivity index (χ1n) is 54.2. The van der Waals surface area contributed by atoms with Gasteiger partial charge in [-0.15, -0.1) is 0 Å². The SMILES string of the molecule is [2H]c1cc(-c2c([2H])c([2H])c(-c3c([2H])c([2H])c([2H])c([2H])c3[2H])c([2H])c2[2H])c(-c2c3c([2H])c([2H])c([2H])c([2H])c3c(-c3c([2H])c([2H])c([2H])c4oc5c6c([2H])c([2H])c([2H])c([2H])c6c([2H])c([2H])c5c34)c3c([2H])c([2H])c([2H])c([2H])c23)c([2H])c1[2H].[2H]c1cc(-c2c([2H])c([2H])c([2H])c([2H])c2[2H])c(-c2c3c([2H])c([2H])c([2H])c([2H])c3c(-c3c([2H])c([2H])c([2H])c4oc5c6c([2H])c([2H])c([2H])c([2H])c6c([2H])c([2H])c5c34)c3c([2H])c([2H])c([2H])c([2H])c23)c([2H])c1[2H]. The Morgan fingerprint density at radius 3 is 0.880 bits per heavy atom. The van der Waals surface area contributed by atoms with Crippen LogP contribution >= 0.6 is 0 Å². The quantitative estimate of drug-likeness (QED) is 0.149. The van der Waals surface area contributed by atoms with E-state index in [1.165, 1.54) is 0 Å². The zero-order valence-corrected chi connectivity index (χ0v) is 46.0. The second-order valence-electron chi connectivity index (χ2n) is 19.9. The first-order valence-corrected chi connectivity index (χ1v) is 27.2. The van der Waals surface area contributed by atoms with Crippen LogP contribution in [-0.4, -0.2) is 0 Å². The highest BCUT2D eigenvalue weighted by Crippen LogP contribution is 2.51. The summed E-state index contributed by atoms with van der Waals surface area (Å²) in [6.07, 6.45) is 0. The highest BCUT2D eigenvalue weighted by Gasteiger charge is 2.25. The second-order valence-corrected chi connectivity index (χ2v) is 19.9. The van der Waals surface area contributed by atoms with E-state index in [4.69, 9.17) is 58.2 Å². The zero-order valence-electron chi connectivity index (χ0n) is 100.0. The van der Waals surface area contributed by atoms with Crippen molar-refractivity contribution in [1.29, 1.82) is 0 Å². The van der Waals surface area contributed by atoms with Crippen molar-refractivity contribution in [2.24, 2.45) is 0 Å². The van der Waals surface area contributed by atoms with Crippen LogP contribution in [-0.2, 0) is 0 Å². The van der Waals surface area contributed by atoms with Crippen LogP contribution in [0.3, 0.4) is 0 Å². The summed E-state index contributed by atoms with van der Waals surface area (Å²) < 4.78 is 496. The van der Waals surface area contributed by atoms with Crippen LogP contribution in [0.4, 0.5) is 0 Å². The number of hydrogen-bond donors (Lipinski definition) is 0. The number of furan rings is 2. The molecule has 19 rings (SSSR count). The summed E-state index contributed by atoms with van der Waals surface area (Å²) >= 11 is 0. The van der Waals surface area contributed by atoms with Gasteiger partial charge in [-0.3, -0.25) is 0 Å². The molecule has 0 aliphatic carbocycles. The maximum Gasteiger partial charge on any atom is 0.143 e. The fourth-order valence-electron chi connectivity index (χ4n) is 11.4. The number of benzene rings is 17. The molecule has 0 unspecified atom stereocenters. The first-order chi connectivity index (χ1) is 68.1. The molecule has 0 spiro atoms. The van der Waals surface area contributed by atoms with Gasteiger partial charge in [0.05, 0.1) is 74.0 Å². The number of hydrogen-bond acceptors (Lipinski definition) is 2. The average molecular weight is 1220 g/mol. The lowest BCUT2D eigenvalue weighted by Gasteiger charge is -2.20. The van der Waals surface area contributed by atoms with Crippen LogP contribution < -0.4 is 0 Å². The summed E-state index contributed by atoms with van der Waals surface area (Å²) in [5.41, 5.74) is -12.1. The Balaban J connectivity index is 0.000000193. The molecule has 19 aromatic rings. The minimum atomic E-state index is -1.03. The van der Waals surface area contributed by atoms with E-state index in [2.05, 4.69) is 0 Å². The molecule has 0 aliphatic heterocycles. The van der Waals surface area contributed by atoms with E-state index in [9.17, 15) is 24.7 Å². The third-order valence-electron chi connectivity index (χ3n) is 15.2. The molecule has 0 atom stereocenters. The van der Waals surface area contributed by atoms with E-state index >= 15 is 0 Å². The lowest BCUT2D eigenvalue weighted by Crippen LogP contribution is -1.93. The number of fused-ring (bicyclic) bond motifs is 14. The topological polar surface area (TPSA) is 26.3 Å². The molecule has 0 radical (unpaired) electrons. The molecule has 0 N–H and O–H groups in total. The van der Waals surface area contributed by atoms with Crippen LogP contribution in [0, 0.1) is 0 Å². The van der Waals surface area contributed by atoms with Crippen LogP contribution in [0.15, 0.2) is 347 Å². The van der Waals surface area contributed by atoms with Crippen molar-refractivity contribution < 1.29 is 82.9 Å². The van der Waals surface area contributed by atoms with Gasteiger partial charge < -0.3 is 8.83 Å². The summed E-state index contributed by atoms with van der Waals surface area (Å²) in [4.78, 5) is 0. The molecule has 2 aromatic heterocycles. The van der Waals surface area contributed by atoms with Crippen molar-refractivity contribution in [3.63, 3.8) is 0 Å². The lowest BCUT2D eigenvalue weighted by molar-refractivity contribution is 0.672. The molecule has 2 heteroatoms. The Bertz CT molecular complexity index is 9280. The van der Waals surface area contributed by atoms with E-state index < -0.39 is 513 Å². The Hall–Kier alpha value is -12.1. The minimum absolute atomic E-state index is 0.437. The molecule has 0 fully saturated rings. The van der Waals surface area contributed by atoms with Crippen molar-refractivity contribution >= 4 is 109 Å². The van der Waals surface area contributed by atoms with Crippen LogP contribution in [0.2, 0.25) is 0 Å². The standard InChI is InChI=1S/C48H30O.C42H26O/c1-2-13-31(14-3-1)32-25-27-34(28-26-32)35-16-6-7-18-37(35)45-38-19-8-10-21-40(38)46(41-22-11-9-20-39(41)45)42-23-12-24-44-47(42)43-30-29-33-15-4-5-17-36(33)48(43)49-44;1-2-13-27(14-3-1)29-16-6-7-18-31(29)39-32-19-8-10-21-34(32)40(35-22-11-9-20-33(35)39)36-23-12-24-38-41(36)37-26-25-28-15-4-5-17-30(28)42(37)43-38/h1-30H;1-26H/i1D,2D,3D,4D,5D,6D,7D,8D,9D,10D,11D,12D,13D,14D,15D,17D,18D,19D,20D,21D,22D,23D,24D,25D,26D,27D,28D,29D,30D;1D,2D,3D,4D,5D,6D,7D,8D,9D,10D,11D,12D,13D,14D,15D,17D,18D,19D,20D,21D,22D,23D,24D,25D,26D. The van der Waals surface area contributed by atoms with Crippen LogP contribution in [0.1, 0.15) is 74.0 Å². The van der Waals surface area contributed by atoms with E-state index in [1.54, 1.807) is 0 Å². The molecule has 0 amide bonds. The molecule has 2 nitrogen and oxygen atoms in total. The average Bonchev–Trinajstić information content (AvgIpc) is 1.21. The van der Waals surface area contributed by atoms with E-state index in [0.29, 0.717) is 0 Å². The highest BCUT2D eigenvalue weighted by molar-refractivity contribution is 6.29. The molecule has 0 bridgehead atoms.